The number of hydrogen-bond donors (Lipinski definition) is 2. The van der Waals surface area contributed by atoms with Crippen LogP contribution >= 0.6 is 11.8 Å². The fourth-order valence-electron chi connectivity index (χ4n) is 2.21. The van der Waals surface area contributed by atoms with Crippen molar-refractivity contribution in [1.29, 1.82) is 0 Å². The third kappa shape index (κ3) is 5.52. The summed E-state index contributed by atoms with van der Waals surface area (Å²) < 4.78 is 11.1. The summed E-state index contributed by atoms with van der Waals surface area (Å²) in [6, 6.07) is 5.33. The minimum atomic E-state index is -1.04. The average Bonchev–Trinajstić information content (AvgIpc) is 3.04. The van der Waals surface area contributed by atoms with Gasteiger partial charge in [-0.15, -0.1) is 5.10 Å². The summed E-state index contributed by atoms with van der Waals surface area (Å²) in [5.74, 6) is 0.929. The first-order chi connectivity index (χ1) is 12.6. The molecule has 0 radical (unpaired) electrons. The number of benzene rings is 1. The quantitative estimate of drug-likeness (QED) is 0.480. The van der Waals surface area contributed by atoms with Crippen LogP contribution in [-0.2, 0) is 11.2 Å². The molecule has 0 aliphatic carbocycles. The molecule has 1 aromatic heterocycles. The van der Waals surface area contributed by atoms with Crippen molar-refractivity contribution in [1.82, 2.24) is 15.2 Å². The Kier molecular flexibility index (Phi) is 7.53. The summed E-state index contributed by atoms with van der Waals surface area (Å²) in [7, 11) is 0. The van der Waals surface area contributed by atoms with E-state index < -0.39 is 5.97 Å². The lowest BCUT2D eigenvalue weighted by atomic mass is 10.2. The van der Waals surface area contributed by atoms with Gasteiger partial charge in [-0.25, -0.2) is 9.78 Å². The van der Waals surface area contributed by atoms with Crippen molar-refractivity contribution in [2.75, 3.05) is 13.2 Å². The van der Waals surface area contributed by atoms with Crippen molar-refractivity contribution in [3.63, 3.8) is 0 Å². The second kappa shape index (κ2) is 9.86. The van der Waals surface area contributed by atoms with E-state index in [1.807, 2.05) is 20.8 Å². The van der Waals surface area contributed by atoms with Crippen LogP contribution in [0.1, 0.15) is 38.6 Å². The van der Waals surface area contributed by atoms with Gasteiger partial charge in [-0.2, -0.15) is 0 Å². The Bertz CT molecular complexity index is 774. The number of ether oxygens (including phenoxy) is 2. The van der Waals surface area contributed by atoms with E-state index in [1.54, 1.807) is 24.3 Å². The van der Waals surface area contributed by atoms with Crippen molar-refractivity contribution in [3.05, 3.63) is 34.5 Å². The predicted molar refractivity (Wildman–Crippen MR) is 101 cm³/mol. The van der Waals surface area contributed by atoms with Crippen LogP contribution in [-0.4, -0.2) is 39.5 Å². The summed E-state index contributed by atoms with van der Waals surface area (Å²) in [5.41, 5.74) is 0.700. The predicted octanol–water partition coefficient (Wildman–Crippen LogP) is 3.77. The zero-order chi connectivity index (χ0) is 18.9. The third-order valence-corrected chi connectivity index (χ3v) is 4.15. The molecule has 0 bridgehead atoms. The van der Waals surface area contributed by atoms with E-state index in [9.17, 15) is 9.90 Å². The molecule has 0 saturated heterocycles. The van der Waals surface area contributed by atoms with Crippen LogP contribution in [0.3, 0.4) is 0 Å². The maximum absolute atomic E-state index is 11.6. The minimum Gasteiger partial charge on any atom is -0.490 e. The maximum Gasteiger partial charge on any atom is 0.342 e. The largest absolute Gasteiger partial charge is 0.490 e. The normalized spacial score (nSPS) is 11.4. The highest BCUT2D eigenvalue weighted by molar-refractivity contribution is 8.04. The molecule has 2 N–H and O–H groups in total. The minimum absolute atomic E-state index is 0.124. The van der Waals surface area contributed by atoms with Gasteiger partial charge >= 0.3 is 5.97 Å². The Labute approximate surface area is 156 Å². The van der Waals surface area contributed by atoms with Crippen molar-refractivity contribution in [3.8, 4) is 11.5 Å². The van der Waals surface area contributed by atoms with Gasteiger partial charge in [0.15, 0.2) is 11.5 Å². The van der Waals surface area contributed by atoms with Crippen LogP contribution in [0.25, 0.3) is 6.08 Å². The summed E-state index contributed by atoms with van der Waals surface area (Å²) in [6.07, 6.45) is 3.28. The van der Waals surface area contributed by atoms with Crippen molar-refractivity contribution in [2.24, 2.45) is 0 Å². The van der Waals surface area contributed by atoms with Crippen molar-refractivity contribution < 1.29 is 19.4 Å². The molecule has 0 aliphatic heterocycles. The Balaban J connectivity index is 2.26. The van der Waals surface area contributed by atoms with E-state index in [1.165, 1.54) is 0 Å². The van der Waals surface area contributed by atoms with E-state index in [0.29, 0.717) is 35.4 Å². The van der Waals surface area contributed by atoms with Gasteiger partial charge in [0.25, 0.3) is 0 Å². The molecule has 0 aliphatic rings. The van der Waals surface area contributed by atoms with E-state index in [0.717, 1.165) is 30.4 Å². The molecular weight excluding hydrogens is 354 g/mol. The molecule has 26 heavy (non-hydrogen) atoms. The van der Waals surface area contributed by atoms with Gasteiger partial charge in [0, 0.05) is 6.42 Å². The topological polar surface area (TPSA) is 97.3 Å². The second-order valence-electron chi connectivity index (χ2n) is 5.30. The van der Waals surface area contributed by atoms with Gasteiger partial charge in [0.1, 0.15) is 10.7 Å². The molecule has 2 rings (SSSR count). The van der Waals surface area contributed by atoms with Crippen LogP contribution in [0.5, 0.6) is 11.5 Å². The monoisotopic (exact) mass is 377 g/mol. The zero-order valence-electron chi connectivity index (χ0n) is 15.1. The fraction of sp³-hybridized carbons (Fsp3) is 0.389. The van der Waals surface area contributed by atoms with Gasteiger partial charge in [0.2, 0.25) is 5.16 Å². The van der Waals surface area contributed by atoms with Gasteiger partial charge in [-0.3, -0.25) is 5.10 Å². The number of H-pyrrole nitrogens is 1. The standard InChI is InChI=1S/C18H23N3O4S/c1-4-7-16-19-18(21-20-16)26-15(17(22)23)11-12-8-9-13(24-5-2)14(10-12)25-6-3/h8-11H,4-7H2,1-3H3,(H,22,23)(H,19,20,21)/b15-11-. The molecule has 0 fully saturated rings. The van der Waals surface area contributed by atoms with E-state index in [2.05, 4.69) is 15.2 Å². The number of aliphatic carboxylic acids is 1. The Morgan fingerprint density at radius 1 is 1.23 bits per heavy atom. The van der Waals surface area contributed by atoms with Crippen molar-refractivity contribution >= 4 is 23.8 Å². The second-order valence-corrected chi connectivity index (χ2v) is 6.31. The zero-order valence-corrected chi connectivity index (χ0v) is 15.9. The van der Waals surface area contributed by atoms with Crippen LogP contribution < -0.4 is 9.47 Å². The third-order valence-electron chi connectivity index (χ3n) is 3.28. The number of carbonyl (C=O) groups is 1. The molecule has 2 aromatic rings. The van der Waals surface area contributed by atoms with E-state index in [4.69, 9.17) is 9.47 Å². The number of nitrogens with one attached hydrogen (secondary N) is 1. The number of carboxylic acid groups (broad SMARTS) is 1. The summed E-state index contributed by atoms with van der Waals surface area (Å²) >= 11 is 1.01. The van der Waals surface area contributed by atoms with E-state index >= 15 is 0 Å². The number of nitrogens with zero attached hydrogens (tertiary/aromatic N) is 2. The highest BCUT2D eigenvalue weighted by Crippen LogP contribution is 2.31. The number of aromatic nitrogens is 3. The van der Waals surface area contributed by atoms with Gasteiger partial charge < -0.3 is 14.6 Å². The molecule has 1 heterocycles. The Hall–Kier alpha value is -2.48. The Morgan fingerprint density at radius 2 is 1.96 bits per heavy atom. The molecule has 0 saturated carbocycles. The maximum atomic E-state index is 11.6. The summed E-state index contributed by atoms with van der Waals surface area (Å²) in [4.78, 5) is 16.0. The first-order valence-corrected chi connectivity index (χ1v) is 9.32. The lowest BCUT2D eigenvalue weighted by molar-refractivity contribution is -0.131. The van der Waals surface area contributed by atoms with Gasteiger partial charge in [-0.1, -0.05) is 13.0 Å². The number of aryl methyl sites for hydroxylation is 1. The number of rotatable bonds is 10. The molecule has 0 atom stereocenters. The molecule has 7 nitrogen and oxygen atoms in total. The van der Waals surface area contributed by atoms with Crippen LogP contribution in [0.4, 0.5) is 0 Å². The lowest BCUT2D eigenvalue weighted by Crippen LogP contribution is -2.00. The van der Waals surface area contributed by atoms with E-state index in [-0.39, 0.29) is 4.91 Å². The summed E-state index contributed by atoms with van der Waals surface area (Å²) in [6.45, 7) is 6.83. The number of hydrogen-bond acceptors (Lipinski definition) is 6. The highest BCUT2D eigenvalue weighted by Gasteiger charge is 2.14. The van der Waals surface area contributed by atoms with Crippen LogP contribution in [0.15, 0.2) is 28.3 Å². The fourth-order valence-corrected chi connectivity index (χ4v) is 2.94. The van der Waals surface area contributed by atoms with Crippen molar-refractivity contribution in [2.45, 2.75) is 38.8 Å². The molecule has 0 unspecified atom stereocenters. The first-order valence-electron chi connectivity index (χ1n) is 8.51. The average molecular weight is 377 g/mol. The molecule has 8 heteroatoms. The molecule has 140 valence electrons. The van der Waals surface area contributed by atoms with Crippen LogP contribution in [0, 0.1) is 0 Å². The molecule has 0 amide bonds. The highest BCUT2D eigenvalue weighted by atomic mass is 32.2. The SMILES string of the molecule is CCCc1nc(S/C(=C\c2ccc(OCC)c(OCC)c2)C(=O)O)n[nH]1. The number of thioether (sulfide) groups is 1. The van der Waals surface area contributed by atoms with Gasteiger partial charge in [0.05, 0.1) is 13.2 Å². The number of aromatic amines is 1. The molecule has 0 spiro atoms. The van der Waals surface area contributed by atoms with Crippen LogP contribution in [0.2, 0.25) is 0 Å². The molecular formula is C18H23N3O4S. The molecule has 1 aromatic carbocycles. The Morgan fingerprint density at radius 3 is 2.62 bits per heavy atom. The smallest absolute Gasteiger partial charge is 0.342 e. The lowest BCUT2D eigenvalue weighted by Gasteiger charge is -2.11. The van der Waals surface area contributed by atoms with Gasteiger partial charge in [-0.05, 0) is 55.8 Å². The summed E-state index contributed by atoms with van der Waals surface area (Å²) in [5, 5.41) is 16.8. The first kappa shape index (κ1) is 19.8. The number of carboxylic acids is 1.